The Kier molecular flexibility index (Phi) is 19.1. The molecule has 0 aromatic heterocycles. The summed E-state index contributed by atoms with van der Waals surface area (Å²) in [6.45, 7) is 4.25. The highest BCUT2D eigenvalue weighted by Gasteiger charge is 2.50. The number of fused-ring (bicyclic) bond motifs is 6. The van der Waals surface area contributed by atoms with Crippen molar-refractivity contribution in [2.24, 2.45) is 41.4 Å². The van der Waals surface area contributed by atoms with Gasteiger partial charge in [-0.3, -0.25) is 0 Å². The molecule has 10 aliphatic rings. The van der Waals surface area contributed by atoms with Gasteiger partial charge in [0.25, 0.3) is 0 Å². The highest BCUT2D eigenvalue weighted by atomic mass is 16.3. The van der Waals surface area contributed by atoms with Crippen molar-refractivity contribution < 1.29 is 15.3 Å². The lowest BCUT2D eigenvalue weighted by Crippen LogP contribution is -2.53. The van der Waals surface area contributed by atoms with Crippen molar-refractivity contribution in [3.63, 3.8) is 0 Å². The van der Waals surface area contributed by atoms with E-state index in [0.717, 1.165) is 66.4 Å². The maximum atomic E-state index is 12.2. The molecule has 0 amide bonds. The SMILES string of the molecule is CN1[C@@H]2CCC[C@H]1C[C@@H](CC(O)(C1CCCC1)C1CCCC1)C2.CN1[C@@H]2CCC[C@H]1C[C@@H](CC(O)(C1CCCCC1)C1CCCCC1)C2.Cc1ccccc1C(O)(C[C@H]1C[C@H]2CCC[C@@H](C1)N2C)c1ccccc1C. The molecule has 6 nitrogen and oxygen atoms in total. The smallest absolute Gasteiger partial charge is 0.115 e. The van der Waals surface area contributed by atoms with Crippen LogP contribution in [-0.4, -0.2) is 98.6 Å². The molecule has 0 unspecified atom stereocenters. The average Bonchev–Trinajstić information content (AvgIpc) is 4.17. The fourth-order valence-electron chi connectivity index (χ4n) is 19.9. The molecule has 6 saturated heterocycles. The van der Waals surface area contributed by atoms with Crippen LogP contribution in [-0.2, 0) is 5.60 Å². The zero-order valence-electron chi connectivity index (χ0n) is 48.8. The monoisotopic (exact) mass is 1030 g/mol. The Morgan fingerprint density at radius 2 is 0.600 bits per heavy atom. The quantitative estimate of drug-likeness (QED) is 0.197. The van der Waals surface area contributed by atoms with Crippen molar-refractivity contribution >= 4 is 0 Å². The first-order valence-corrected chi connectivity index (χ1v) is 32.8. The highest BCUT2D eigenvalue weighted by Crippen LogP contribution is 2.52. The number of aryl methyl sites for hydroxylation is 2. The topological polar surface area (TPSA) is 70.4 Å². The third kappa shape index (κ3) is 12.7. The summed E-state index contributed by atoms with van der Waals surface area (Å²) >= 11 is 0. The Morgan fingerprint density at radius 1 is 0.347 bits per heavy atom. The molecule has 75 heavy (non-hydrogen) atoms. The van der Waals surface area contributed by atoms with Gasteiger partial charge in [0.15, 0.2) is 0 Å². The largest absolute Gasteiger partial charge is 0.389 e. The minimum Gasteiger partial charge on any atom is -0.389 e. The molecule has 4 saturated carbocycles. The summed E-state index contributed by atoms with van der Waals surface area (Å²) in [4.78, 5) is 7.96. The molecule has 9 atom stereocenters. The molecule has 6 heteroatoms. The van der Waals surface area contributed by atoms with E-state index in [0.29, 0.717) is 41.7 Å². The number of nitrogens with zero attached hydrogens (tertiary/aromatic N) is 3. The number of hydrogen-bond donors (Lipinski definition) is 3. The average molecular weight is 1030 g/mol. The van der Waals surface area contributed by atoms with E-state index in [1.807, 2.05) is 0 Å². The Balaban J connectivity index is 0.000000129. The van der Waals surface area contributed by atoms with Crippen LogP contribution in [0, 0.1) is 55.3 Å². The predicted molar refractivity (Wildman–Crippen MR) is 312 cm³/mol. The lowest BCUT2D eigenvalue weighted by Gasteiger charge is -2.51. The van der Waals surface area contributed by atoms with Gasteiger partial charge < -0.3 is 30.0 Å². The molecule has 0 spiro atoms. The molecule has 2 aromatic rings. The molecule has 6 heterocycles. The number of hydrogen-bond acceptors (Lipinski definition) is 6. The summed E-state index contributed by atoms with van der Waals surface area (Å²) in [5.41, 5.74) is 2.93. The second kappa shape index (κ2) is 25.3. The third-order valence-corrected chi connectivity index (χ3v) is 24.1. The fraction of sp³-hybridized carbons (Fsp3) is 0.826. The predicted octanol–water partition coefficient (Wildman–Crippen LogP) is 15.5. The molecule has 6 aliphatic heterocycles. The molecule has 10 fully saturated rings. The maximum absolute atomic E-state index is 12.2. The third-order valence-electron chi connectivity index (χ3n) is 24.1. The Labute approximate surface area is 459 Å². The Hall–Kier alpha value is -1.80. The number of piperidine rings is 6. The first kappa shape index (κ1) is 56.5. The van der Waals surface area contributed by atoms with Gasteiger partial charge in [-0.05, 0) is 246 Å². The van der Waals surface area contributed by atoms with Crippen LogP contribution in [0.2, 0.25) is 0 Å². The van der Waals surface area contributed by atoms with E-state index < -0.39 is 5.60 Å². The molecule has 12 rings (SSSR count). The summed E-state index contributed by atoms with van der Waals surface area (Å²) in [5.74, 6) is 4.57. The van der Waals surface area contributed by atoms with Gasteiger partial charge in [-0.2, -0.15) is 0 Å². The summed E-state index contributed by atoms with van der Waals surface area (Å²) in [5, 5.41) is 36.2. The molecule has 3 N–H and O–H groups in total. The Morgan fingerprint density at radius 3 is 0.880 bits per heavy atom. The van der Waals surface area contributed by atoms with Crippen molar-refractivity contribution in [2.45, 2.75) is 298 Å². The second-order valence-corrected chi connectivity index (χ2v) is 28.4. The van der Waals surface area contributed by atoms with Crippen LogP contribution in [0.4, 0.5) is 0 Å². The standard InChI is InChI=1S/C25H33NO.C23H41NO.C21H37NO/c1-18-9-4-6-13-23(18)25(27,24-14-7-5-10-19(24)2)17-20-15-21-11-8-12-22(16-20)26(21)3;1-24-21-13-8-14-22(24)16-18(15-21)17-23(25,19-9-4-2-5-10-19)20-11-6-3-7-12-20;1-22-19-11-6-12-20(22)14-16(13-19)15-21(23,17-7-2-3-8-17)18-9-4-5-10-18/h4-7,9-10,13-14,20-22,27H,8,11-12,15-17H2,1-3H3;18-22,25H,2-17H2,1H3;16-20,23H,2-15H2,1H3/t20-,21+,22-;18-,21+,22-;16-,19+,20-. The molecular formula is C69H111N3O3. The van der Waals surface area contributed by atoms with Crippen molar-refractivity contribution in [3.05, 3.63) is 70.8 Å². The van der Waals surface area contributed by atoms with Crippen LogP contribution in [0.15, 0.2) is 48.5 Å². The van der Waals surface area contributed by atoms with E-state index in [2.05, 4.69) is 98.2 Å². The van der Waals surface area contributed by atoms with Crippen molar-refractivity contribution in [1.82, 2.24) is 14.7 Å². The van der Waals surface area contributed by atoms with Gasteiger partial charge in [0.05, 0.1) is 11.2 Å². The fourth-order valence-corrected chi connectivity index (χ4v) is 19.9. The molecule has 2 aromatic carbocycles. The van der Waals surface area contributed by atoms with E-state index in [1.54, 1.807) is 0 Å². The van der Waals surface area contributed by atoms with Gasteiger partial charge in [-0.15, -0.1) is 0 Å². The minimum atomic E-state index is -0.911. The van der Waals surface area contributed by atoms with Crippen molar-refractivity contribution in [2.75, 3.05) is 21.1 Å². The van der Waals surface area contributed by atoms with Crippen molar-refractivity contribution in [3.8, 4) is 0 Å². The van der Waals surface area contributed by atoms with Crippen LogP contribution < -0.4 is 0 Å². The van der Waals surface area contributed by atoms with Gasteiger partial charge in [-0.1, -0.05) is 132 Å². The lowest BCUT2D eigenvalue weighted by molar-refractivity contribution is -0.117. The highest BCUT2D eigenvalue weighted by molar-refractivity contribution is 5.44. The first-order valence-electron chi connectivity index (χ1n) is 32.8. The van der Waals surface area contributed by atoms with Gasteiger partial charge >= 0.3 is 0 Å². The van der Waals surface area contributed by atoms with E-state index in [9.17, 15) is 15.3 Å². The Bertz CT molecular complexity index is 1940. The lowest BCUT2D eigenvalue weighted by atomic mass is 9.61. The van der Waals surface area contributed by atoms with Gasteiger partial charge in [0.1, 0.15) is 5.60 Å². The van der Waals surface area contributed by atoms with Crippen LogP contribution in [0.25, 0.3) is 0 Å². The summed E-state index contributed by atoms with van der Waals surface area (Å²) in [6.07, 6.45) is 47.4. The molecule has 6 bridgehead atoms. The minimum absolute atomic E-state index is 0.318. The van der Waals surface area contributed by atoms with Gasteiger partial charge in [0.2, 0.25) is 0 Å². The van der Waals surface area contributed by atoms with E-state index in [4.69, 9.17) is 0 Å². The summed E-state index contributed by atoms with van der Waals surface area (Å²) in [6, 6.07) is 21.4. The summed E-state index contributed by atoms with van der Waals surface area (Å²) < 4.78 is 0. The molecule has 420 valence electrons. The number of benzene rings is 2. The van der Waals surface area contributed by atoms with Crippen LogP contribution in [0.3, 0.4) is 0 Å². The van der Waals surface area contributed by atoms with Crippen LogP contribution in [0.1, 0.15) is 253 Å². The van der Waals surface area contributed by atoms with E-state index >= 15 is 0 Å². The summed E-state index contributed by atoms with van der Waals surface area (Å²) in [7, 11) is 7.02. The zero-order chi connectivity index (χ0) is 52.2. The van der Waals surface area contributed by atoms with Crippen LogP contribution in [0.5, 0.6) is 0 Å². The van der Waals surface area contributed by atoms with E-state index in [1.165, 1.54) is 223 Å². The van der Waals surface area contributed by atoms with Crippen molar-refractivity contribution in [1.29, 1.82) is 0 Å². The molecular weight excluding hydrogens is 919 g/mol. The second-order valence-electron chi connectivity index (χ2n) is 28.4. The van der Waals surface area contributed by atoms with Gasteiger partial charge in [-0.25, -0.2) is 0 Å². The first-order chi connectivity index (χ1) is 36.3. The normalized spacial score (nSPS) is 33.1. The molecule has 4 aliphatic carbocycles. The zero-order valence-corrected chi connectivity index (χ0v) is 48.8. The number of aliphatic hydroxyl groups is 3. The van der Waals surface area contributed by atoms with E-state index in [-0.39, 0.29) is 11.2 Å². The molecule has 0 radical (unpaired) electrons. The maximum Gasteiger partial charge on any atom is 0.115 e. The van der Waals surface area contributed by atoms with Crippen LogP contribution >= 0.6 is 0 Å². The number of rotatable bonds is 12. The van der Waals surface area contributed by atoms with Gasteiger partial charge in [0, 0.05) is 36.3 Å².